The van der Waals surface area contributed by atoms with E-state index in [1.54, 1.807) is 10.6 Å². The molecule has 1 aliphatic rings. The topological polar surface area (TPSA) is 72.3 Å². The highest BCUT2D eigenvalue weighted by atomic mass is 19.1. The molecule has 118 valence electrons. The molecule has 6 nitrogen and oxygen atoms in total. The number of hydrogen-bond acceptors (Lipinski definition) is 5. The molecule has 0 unspecified atom stereocenters. The Morgan fingerprint density at radius 3 is 2.65 bits per heavy atom. The molecule has 1 fully saturated rings. The molecule has 23 heavy (non-hydrogen) atoms. The van der Waals surface area contributed by atoms with E-state index >= 15 is 0 Å². The first-order valence-electron chi connectivity index (χ1n) is 7.72. The fourth-order valence-electron chi connectivity index (χ4n) is 3.00. The largest absolute Gasteiger partial charge is 0.369 e. The van der Waals surface area contributed by atoms with Crippen LogP contribution in [0, 0.1) is 5.82 Å². The zero-order valence-corrected chi connectivity index (χ0v) is 12.6. The predicted octanol–water partition coefficient (Wildman–Crippen LogP) is 1.99. The minimum atomic E-state index is -0.214. The van der Waals surface area contributed by atoms with Gasteiger partial charge in [-0.25, -0.2) is 4.39 Å². The Morgan fingerprint density at radius 1 is 1.09 bits per heavy atom. The fraction of sp³-hybridized carbons (Fsp3) is 0.312. The fourth-order valence-corrected chi connectivity index (χ4v) is 3.00. The number of anilines is 1. The third kappa shape index (κ3) is 2.43. The van der Waals surface area contributed by atoms with E-state index < -0.39 is 0 Å². The van der Waals surface area contributed by atoms with Gasteiger partial charge in [0.05, 0.1) is 17.9 Å². The van der Waals surface area contributed by atoms with Crippen molar-refractivity contribution in [2.75, 3.05) is 18.0 Å². The highest BCUT2D eigenvalue weighted by molar-refractivity contribution is 5.64. The van der Waals surface area contributed by atoms with Crippen LogP contribution in [0.4, 0.5) is 10.1 Å². The van der Waals surface area contributed by atoms with Crippen molar-refractivity contribution < 1.29 is 4.39 Å². The average Bonchev–Trinajstić information content (AvgIpc) is 3.23. The van der Waals surface area contributed by atoms with Crippen LogP contribution in [-0.4, -0.2) is 32.9 Å². The third-order valence-electron chi connectivity index (χ3n) is 4.20. The van der Waals surface area contributed by atoms with E-state index in [0.29, 0.717) is 22.9 Å². The summed E-state index contributed by atoms with van der Waals surface area (Å²) >= 11 is 0. The lowest BCUT2D eigenvalue weighted by atomic mass is 10.1. The van der Waals surface area contributed by atoms with Crippen molar-refractivity contribution in [2.45, 2.75) is 19.4 Å². The highest BCUT2D eigenvalue weighted by Crippen LogP contribution is 2.28. The number of halogens is 1. The van der Waals surface area contributed by atoms with Gasteiger partial charge < -0.3 is 10.6 Å². The minimum absolute atomic E-state index is 0.214. The molecule has 0 bridgehead atoms. The number of nitrogens with zero attached hydrogens (tertiary/aromatic N) is 5. The molecular weight excluding hydrogens is 295 g/mol. The maximum atomic E-state index is 14.5. The Kier molecular flexibility index (Phi) is 3.42. The Bertz CT molecular complexity index is 853. The molecular formula is C16H17FN6. The van der Waals surface area contributed by atoms with Gasteiger partial charge in [0.1, 0.15) is 5.82 Å². The highest BCUT2D eigenvalue weighted by Gasteiger charge is 2.17. The molecule has 0 amide bonds. The van der Waals surface area contributed by atoms with Crippen LogP contribution in [0.15, 0.2) is 30.3 Å². The van der Waals surface area contributed by atoms with Crippen molar-refractivity contribution in [3.8, 4) is 11.3 Å². The van der Waals surface area contributed by atoms with Gasteiger partial charge in [-0.1, -0.05) is 6.07 Å². The predicted molar refractivity (Wildman–Crippen MR) is 85.5 cm³/mol. The van der Waals surface area contributed by atoms with Gasteiger partial charge in [-0.05, 0) is 37.1 Å². The summed E-state index contributed by atoms with van der Waals surface area (Å²) in [5, 5.41) is 12.5. The molecule has 4 rings (SSSR count). The van der Waals surface area contributed by atoms with E-state index in [1.165, 1.54) is 6.07 Å². The van der Waals surface area contributed by atoms with Crippen LogP contribution < -0.4 is 10.6 Å². The van der Waals surface area contributed by atoms with E-state index in [0.717, 1.165) is 31.5 Å². The minimum Gasteiger partial charge on any atom is -0.369 e. The van der Waals surface area contributed by atoms with Crippen LogP contribution in [-0.2, 0) is 6.54 Å². The van der Waals surface area contributed by atoms with E-state index in [1.807, 2.05) is 18.2 Å². The first-order chi connectivity index (χ1) is 11.3. The monoisotopic (exact) mass is 312 g/mol. The first-order valence-corrected chi connectivity index (χ1v) is 7.72. The normalized spacial score (nSPS) is 14.8. The molecule has 7 heteroatoms. The molecule has 1 aliphatic heterocycles. The Balaban J connectivity index is 1.73. The van der Waals surface area contributed by atoms with Gasteiger partial charge in [-0.2, -0.15) is 9.61 Å². The molecule has 3 heterocycles. The Labute approximate surface area is 132 Å². The van der Waals surface area contributed by atoms with Gasteiger partial charge in [-0.3, -0.25) is 0 Å². The van der Waals surface area contributed by atoms with Crippen LogP contribution in [0.2, 0.25) is 0 Å². The smallest absolute Gasteiger partial charge is 0.177 e. The van der Waals surface area contributed by atoms with Gasteiger partial charge in [0.2, 0.25) is 0 Å². The van der Waals surface area contributed by atoms with E-state index in [4.69, 9.17) is 5.73 Å². The zero-order chi connectivity index (χ0) is 15.8. The summed E-state index contributed by atoms with van der Waals surface area (Å²) in [6, 6.07) is 8.89. The second-order valence-corrected chi connectivity index (χ2v) is 5.67. The number of rotatable bonds is 3. The summed E-state index contributed by atoms with van der Waals surface area (Å²) in [6.45, 7) is 2.09. The number of aromatic nitrogens is 4. The van der Waals surface area contributed by atoms with Crippen LogP contribution in [0.5, 0.6) is 0 Å². The maximum Gasteiger partial charge on any atom is 0.177 e. The van der Waals surface area contributed by atoms with E-state index in [9.17, 15) is 4.39 Å². The molecule has 0 spiro atoms. The van der Waals surface area contributed by atoms with Crippen molar-refractivity contribution in [1.82, 2.24) is 19.8 Å². The lowest BCUT2D eigenvalue weighted by Gasteiger charge is -2.18. The van der Waals surface area contributed by atoms with Crippen molar-refractivity contribution in [3.05, 3.63) is 42.0 Å². The number of fused-ring (bicyclic) bond motifs is 1. The molecule has 1 aromatic carbocycles. The van der Waals surface area contributed by atoms with Gasteiger partial charge >= 0.3 is 0 Å². The lowest BCUT2D eigenvalue weighted by molar-refractivity contribution is 0.623. The molecule has 0 atom stereocenters. The zero-order valence-electron chi connectivity index (χ0n) is 12.6. The van der Waals surface area contributed by atoms with Gasteiger partial charge in [0.15, 0.2) is 11.5 Å². The summed E-state index contributed by atoms with van der Waals surface area (Å²) in [5.74, 6) is 0.366. The lowest BCUT2D eigenvalue weighted by Crippen LogP contribution is -2.18. The number of nitrogens with two attached hydrogens (primary N) is 1. The second-order valence-electron chi connectivity index (χ2n) is 5.67. The van der Waals surface area contributed by atoms with Gasteiger partial charge in [-0.15, -0.1) is 10.2 Å². The molecule has 2 N–H and O–H groups in total. The van der Waals surface area contributed by atoms with Crippen LogP contribution >= 0.6 is 0 Å². The molecule has 0 saturated carbocycles. The standard InChI is InChI=1S/C16H17FN6/c17-12-9-11(3-5-14(12)22-7-1-2-8-22)13-4-6-15-19-20-16(10-18)23(15)21-13/h3-6,9H,1-2,7-8,10,18H2. The summed E-state index contributed by atoms with van der Waals surface area (Å²) in [6.07, 6.45) is 2.24. The first kappa shape index (κ1) is 14.1. The summed E-state index contributed by atoms with van der Waals surface area (Å²) in [7, 11) is 0. The Morgan fingerprint density at radius 2 is 1.91 bits per heavy atom. The van der Waals surface area contributed by atoms with Crippen molar-refractivity contribution >= 4 is 11.3 Å². The molecule has 2 aromatic heterocycles. The maximum absolute atomic E-state index is 14.5. The molecule has 1 saturated heterocycles. The number of hydrogen-bond donors (Lipinski definition) is 1. The van der Waals surface area contributed by atoms with Crippen molar-refractivity contribution in [1.29, 1.82) is 0 Å². The van der Waals surface area contributed by atoms with Crippen LogP contribution in [0.1, 0.15) is 18.7 Å². The van der Waals surface area contributed by atoms with Gasteiger partial charge in [0, 0.05) is 18.7 Å². The van der Waals surface area contributed by atoms with Crippen LogP contribution in [0.25, 0.3) is 16.9 Å². The third-order valence-corrected chi connectivity index (χ3v) is 4.20. The average molecular weight is 312 g/mol. The SMILES string of the molecule is NCc1nnc2ccc(-c3ccc(N4CCCC4)c(F)c3)nn12. The van der Waals surface area contributed by atoms with Crippen molar-refractivity contribution in [2.24, 2.45) is 5.73 Å². The number of benzene rings is 1. The Hall–Kier alpha value is -2.54. The van der Waals surface area contributed by atoms with Crippen LogP contribution in [0.3, 0.4) is 0 Å². The summed E-state index contributed by atoms with van der Waals surface area (Å²) in [5.41, 5.74) is 8.32. The molecule has 3 aromatic rings. The second kappa shape index (κ2) is 5.58. The molecule has 0 aliphatic carbocycles. The molecule has 0 radical (unpaired) electrons. The van der Waals surface area contributed by atoms with E-state index in [-0.39, 0.29) is 12.4 Å². The van der Waals surface area contributed by atoms with Crippen molar-refractivity contribution in [3.63, 3.8) is 0 Å². The van der Waals surface area contributed by atoms with Gasteiger partial charge in [0.25, 0.3) is 0 Å². The summed E-state index contributed by atoms with van der Waals surface area (Å²) in [4.78, 5) is 2.09. The van der Waals surface area contributed by atoms with E-state index in [2.05, 4.69) is 20.2 Å². The quantitative estimate of drug-likeness (QED) is 0.801. The summed E-state index contributed by atoms with van der Waals surface area (Å²) < 4.78 is 16.1.